The molecule has 0 aliphatic carbocycles. The largest absolute Gasteiger partial charge is 0.376 e. The zero-order chi connectivity index (χ0) is 21.7. The monoisotopic (exact) mass is 432 g/mol. The number of hydrogen-bond donors (Lipinski definition) is 1. The van der Waals surface area contributed by atoms with Crippen LogP contribution in [0, 0.1) is 5.41 Å². The highest BCUT2D eigenvalue weighted by atomic mass is 32.2. The number of amides is 1. The van der Waals surface area contributed by atoms with Crippen LogP contribution in [0.1, 0.15) is 36.2 Å². The molecule has 0 unspecified atom stereocenters. The number of benzene rings is 1. The van der Waals surface area contributed by atoms with Gasteiger partial charge in [-0.15, -0.1) is 0 Å². The molecule has 2 aromatic rings. The summed E-state index contributed by atoms with van der Waals surface area (Å²) in [6.07, 6.45) is 1.09. The van der Waals surface area contributed by atoms with Crippen LogP contribution in [0.25, 0.3) is 0 Å². The third-order valence-corrected chi connectivity index (χ3v) is 7.33. The molecule has 1 fully saturated rings. The molecule has 4 nitrogen and oxygen atoms in total. The van der Waals surface area contributed by atoms with E-state index in [0.717, 1.165) is 17.7 Å². The van der Waals surface area contributed by atoms with E-state index >= 15 is 0 Å². The summed E-state index contributed by atoms with van der Waals surface area (Å²) in [7, 11) is 0. The van der Waals surface area contributed by atoms with Crippen molar-refractivity contribution < 1.29 is 9.53 Å². The van der Waals surface area contributed by atoms with E-state index in [1.807, 2.05) is 72.8 Å². The van der Waals surface area contributed by atoms with Gasteiger partial charge >= 0.3 is 0 Å². The molecule has 0 bridgehead atoms. The van der Waals surface area contributed by atoms with Gasteiger partial charge in [-0.3, -0.25) is 4.79 Å². The second kappa shape index (κ2) is 9.25. The number of nitrogens with one attached hydrogen (secondary N) is 1. The molecule has 2 aromatic carbocycles. The first-order chi connectivity index (χ1) is 15.0. The van der Waals surface area contributed by atoms with Gasteiger partial charge in [-0.2, -0.15) is 0 Å². The first kappa shape index (κ1) is 21.6. The number of hydrogen-bond acceptors (Lipinski definition) is 4. The Labute approximate surface area is 188 Å². The van der Waals surface area contributed by atoms with Crippen LogP contribution in [0.5, 0.6) is 0 Å². The summed E-state index contributed by atoms with van der Waals surface area (Å²) in [5.41, 5.74) is 1.05. The Morgan fingerprint density at radius 1 is 1.00 bits per heavy atom. The van der Waals surface area contributed by atoms with Gasteiger partial charge in [0.05, 0.1) is 12.7 Å². The standard InChI is InChI=1S/C26H28N2O2S/c1-20-17-25(2)19-31-24(27-23(29)21-13-9-8-10-14-21)28-26(25,18-30-20)22-15-11-6-4-3-5-7-12-16-22/h3-16,20H,17-19H2,1-2H3,(H,27,28,29)/t20-,25-,26+/m0/s1. The van der Waals surface area contributed by atoms with E-state index in [4.69, 9.17) is 9.73 Å². The van der Waals surface area contributed by atoms with E-state index in [1.165, 1.54) is 0 Å². The zero-order valence-corrected chi connectivity index (χ0v) is 18.8. The molecule has 2 heterocycles. The summed E-state index contributed by atoms with van der Waals surface area (Å²) in [5, 5.41) is 3.68. The number of carbonyl (C=O) groups excluding carboxylic acids is 1. The van der Waals surface area contributed by atoms with Crippen molar-refractivity contribution >= 4 is 22.8 Å². The first-order valence-corrected chi connectivity index (χ1v) is 11.6. The molecule has 31 heavy (non-hydrogen) atoms. The number of amidine groups is 1. The average Bonchev–Trinajstić information content (AvgIpc) is 2.78. The average molecular weight is 433 g/mol. The molecule has 0 aromatic heterocycles. The van der Waals surface area contributed by atoms with Crippen LogP contribution >= 0.6 is 11.8 Å². The maximum Gasteiger partial charge on any atom is 0.257 e. The summed E-state index contributed by atoms with van der Waals surface area (Å²) in [6, 6.07) is 27.6. The molecule has 2 aliphatic heterocycles. The van der Waals surface area contributed by atoms with Gasteiger partial charge in [0.2, 0.25) is 0 Å². The first-order valence-electron chi connectivity index (χ1n) is 10.6. The van der Waals surface area contributed by atoms with Crippen molar-refractivity contribution in [2.24, 2.45) is 10.4 Å². The summed E-state index contributed by atoms with van der Waals surface area (Å²) in [5.74, 6) is 0.721. The lowest BCUT2D eigenvalue weighted by Crippen LogP contribution is -2.56. The van der Waals surface area contributed by atoms with Gasteiger partial charge < -0.3 is 10.1 Å². The lowest BCUT2D eigenvalue weighted by molar-refractivity contribution is -0.0862. The van der Waals surface area contributed by atoms with Crippen molar-refractivity contribution in [1.29, 1.82) is 0 Å². The predicted octanol–water partition coefficient (Wildman–Crippen LogP) is 5.35. The molecule has 0 spiro atoms. The van der Waals surface area contributed by atoms with E-state index in [-0.39, 0.29) is 17.4 Å². The topological polar surface area (TPSA) is 50.7 Å². The van der Waals surface area contributed by atoms with Crippen LogP contribution in [0.3, 0.4) is 0 Å². The van der Waals surface area contributed by atoms with Gasteiger partial charge in [-0.1, -0.05) is 91.5 Å². The number of aliphatic imine (C=N–C) groups is 1. The van der Waals surface area contributed by atoms with Crippen molar-refractivity contribution in [3.63, 3.8) is 0 Å². The SMILES string of the molecule is C[C@H]1C[C@@]2(C)CSC(NC(=O)c3ccccc3)=N[C@@]2(c2ccccccccc2)CO1. The normalized spacial score (nSPS) is 27.3. The van der Waals surface area contributed by atoms with Crippen LogP contribution in [0.15, 0.2) is 89.9 Å². The number of nitrogens with zero attached hydrogens (tertiary/aromatic N) is 1. The molecular weight excluding hydrogens is 404 g/mol. The van der Waals surface area contributed by atoms with E-state index in [9.17, 15) is 4.79 Å². The van der Waals surface area contributed by atoms with Gasteiger partial charge in [0.15, 0.2) is 5.17 Å². The molecule has 0 saturated carbocycles. The second-order valence-corrected chi connectivity index (χ2v) is 9.37. The van der Waals surface area contributed by atoms with E-state index in [0.29, 0.717) is 17.3 Å². The third kappa shape index (κ3) is 4.53. The molecule has 160 valence electrons. The van der Waals surface area contributed by atoms with Crippen LogP contribution in [-0.2, 0) is 10.3 Å². The van der Waals surface area contributed by atoms with E-state index in [1.54, 1.807) is 11.8 Å². The fourth-order valence-electron chi connectivity index (χ4n) is 4.37. The van der Waals surface area contributed by atoms with E-state index < -0.39 is 5.54 Å². The summed E-state index contributed by atoms with van der Waals surface area (Å²) < 4.78 is 6.18. The minimum Gasteiger partial charge on any atom is -0.376 e. The number of fused-ring (bicyclic) bond motifs is 1. The summed E-state index contributed by atoms with van der Waals surface area (Å²) >= 11 is 1.62. The molecule has 4 rings (SSSR count). The van der Waals surface area contributed by atoms with Gasteiger partial charge in [-0.05, 0) is 31.0 Å². The number of rotatable bonds is 2. The van der Waals surface area contributed by atoms with Crippen LogP contribution in [0.2, 0.25) is 0 Å². The van der Waals surface area contributed by atoms with Gasteiger partial charge in [0, 0.05) is 16.7 Å². The maximum atomic E-state index is 12.8. The number of ether oxygens (including phenoxy) is 1. The molecule has 5 heteroatoms. The van der Waals surface area contributed by atoms with Gasteiger partial charge in [-0.25, -0.2) is 4.99 Å². The Balaban J connectivity index is 1.78. The van der Waals surface area contributed by atoms with Crippen molar-refractivity contribution in [3.05, 3.63) is 96.1 Å². The number of carbonyl (C=O) groups is 1. The van der Waals surface area contributed by atoms with Gasteiger partial charge in [0.25, 0.3) is 5.91 Å². The van der Waals surface area contributed by atoms with Crippen LogP contribution in [-0.4, -0.2) is 29.5 Å². The Hall–Kier alpha value is -2.63. The number of thioether (sulfide) groups is 1. The Kier molecular flexibility index (Phi) is 6.44. The van der Waals surface area contributed by atoms with Crippen molar-refractivity contribution in [2.75, 3.05) is 12.4 Å². The van der Waals surface area contributed by atoms with Crippen LogP contribution < -0.4 is 5.32 Å². The van der Waals surface area contributed by atoms with Crippen molar-refractivity contribution in [1.82, 2.24) is 5.32 Å². The lowest BCUT2D eigenvalue weighted by Gasteiger charge is -2.53. The Bertz CT molecular complexity index is 999. The zero-order valence-electron chi connectivity index (χ0n) is 18.0. The molecular formula is C26H28N2O2S. The molecule has 1 amide bonds. The highest BCUT2D eigenvalue weighted by molar-refractivity contribution is 8.14. The highest BCUT2D eigenvalue weighted by Crippen LogP contribution is 2.54. The molecule has 1 N–H and O–H groups in total. The third-order valence-electron chi connectivity index (χ3n) is 6.09. The maximum absolute atomic E-state index is 12.8. The van der Waals surface area contributed by atoms with Crippen molar-refractivity contribution in [2.45, 2.75) is 31.9 Å². The smallest absolute Gasteiger partial charge is 0.257 e. The van der Waals surface area contributed by atoms with E-state index in [2.05, 4.69) is 31.3 Å². The van der Waals surface area contributed by atoms with Crippen LogP contribution in [0.4, 0.5) is 0 Å². The Morgan fingerprint density at radius 3 is 2.26 bits per heavy atom. The highest BCUT2D eigenvalue weighted by Gasteiger charge is 2.55. The molecule has 3 atom stereocenters. The minimum absolute atomic E-state index is 0.0933. The van der Waals surface area contributed by atoms with Crippen molar-refractivity contribution in [3.8, 4) is 0 Å². The van der Waals surface area contributed by atoms with Gasteiger partial charge in [0.1, 0.15) is 5.54 Å². The Morgan fingerprint density at radius 2 is 1.58 bits per heavy atom. The minimum atomic E-state index is -0.568. The fraction of sp³-hybridized carbons (Fsp3) is 0.308. The summed E-state index contributed by atoms with van der Waals surface area (Å²) in [6.45, 7) is 4.91. The predicted molar refractivity (Wildman–Crippen MR) is 128 cm³/mol. The second-order valence-electron chi connectivity index (χ2n) is 8.41. The molecule has 1 saturated heterocycles. The fourth-order valence-corrected chi connectivity index (χ4v) is 5.56. The summed E-state index contributed by atoms with van der Waals surface area (Å²) in [4.78, 5) is 18.0. The molecule has 2 aliphatic rings. The lowest BCUT2D eigenvalue weighted by atomic mass is 9.64. The molecule has 0 radical (unpaired) electrons. The quantitative estimate of drug-likeness (QED) is 0.696.